The fourth-order valence-electron chi connectivity index (χ4n) is 2.50. The van der Waals surface area contributed by atoms with Gasteiger partial charge in [0.2, 0.25) is 16.1 Å². The van der Waals surface area contributed by atoms with Crippen LogP contribution in [-0.4, -0.2) is 59.4 Å². The predicted molar refractivity (Wildman–Crippen MR) is 108 cm³/mol. The molecule has 166 valence electrons. The van der Waals surface area contributed by atoms with E-state index >= 15 is 0 Å². The van der Waals surface area contributed by atoms with Crippen molar-refractivity contribution in [2.24, 2.45) is 5.92 Å². The highest BCUT2D eigenvalue weighted by Crippen LogP contribution is 2.21. The largest absolute Gasteiger partial charge is 0.481 e. The van der Waals surface area contributed by atoms with Crippen LogP contribution in [0.5, 0.6) is 0 Å². The van der Waals surface area contributed by atoms with Crippen molar-refractivity contribution in [2.45, 2.75) is 43.7 Å². The van der Waals surface area contributed by atoms with Gasteiger partial charge in [-0.25, -0.2) is 8.42 Å². The lowest BCUT2D eigenvalue weighted by Crippen LogP contribution is -2.46. The Morgan fingerprint density at radius 1 is 1.27 bits per heavy atom. The van der Waals surface area contributed by atoms with E-state index in [1.54, 1.807) is 6.07 Å². The number of carbonyl (C=O) groups excluding carboxylic acids is 1. The second-order valence-electron chi connectivity index (χ2n) is 7.52. The van der Waals surface area contributed by atoms with E-state index in [-0.39, 0.29) is 11.3 Å². The summed E-state index contributed by atoms with van der Waals surface area (Å²) in [5, 5.41) is 20.9. The van der Waals surface area contributed by atoms with Crippen LogP contribution < -0.4 is 0 Å². The monoisotopic (exact) mass is 442 g/mol. The van der Waals surface area contributed by atoms with Gasteiger partial charge in [-0.3, -0.25) is 19.7 Å². The van der Waals surface area contributed by atoms with Crippen LogP contribution in [0.25, 0.3) is 0 Å². The molecule has 1 rings (SSSR count). The summed E-state index contributed by atoms with van der Waals surface area (Å²) >= 11 is 0. The summed E-state index contributed by atoms with van der Waals surface area (Å²) < 4.78 is 31.9. The average molecular weight is 442 g/mol. The number of benzene rings is 1. The van der Waals surface area contributed by atoms with Gasteiger partial charge in [0.15, 0.2) is 5.92 Å². The molecule has 0 radical (unpaired) electrons. The van der Waals surface area contributed by atoms with Gasteiger partial charge in [-0.1, -0.05) is 24.3 Å². The third-order valence-corrected chi connectivity index (χ3v) is 5.75. The van der Waals surface area contributed by atoms with Crippen molar-refractivity contribution < 1.29 is 32.8 Å². The number of carbonyl (C=O) groups is 2. The molecule has 10 nitrogen and oxygen atoms in total. The normalized spacial score (nSPS) is 14.0. The summed E-state index contributed by atoms with van der Waals surface area (Å²) in [6.45, 7) is 6.59. The van der Waals surface area contributed by atoms with Crippen molar-refractivity contribution in [1.29, 1.82) is 0 Å². The molecule has 1 N–H and O–H groups in total. The lowest BCUT2D eigenvalue weighted by atomic mass is 10.1. The first-order valence-electron chi connectivity index (χ1n) is 9.05. The van der Waals surface area contributed by atoms with Gasteiger partial charge in [-0.2, -0.15) is 4.31 Å². The van der Waals surface area contributed by atoms with Crippen LogP contribution in [0.2, 0.25) is 0 Å². The van der Waals surface area contributed by atoms with Gasteiger partial charge in [0.1, 0.15) is 5.60 Å². The van der Waals surface area contributed by atoms with E-state index in [0.29, 0.717) is 4.31 Å². The van der Waals surface area contributed by atoms with Crippen molar-refractivity contribution in [3.63, 3.8) is 0 Å². The van der Waals surface area contributed by atoms with E-state index in [1.807, 2.05) is 0 Å². The van der Waals surface area contributed by atoms with E-state index < -0.39 is 57.5 Å². The zero-order chi connectivity index (χ0) is 23.1. The number of sulfonamides is 1. The first kappa shape index (κ1) is 25.2. The fourth-order valence-corrected chi connectivity index (χ4v) is 4.01. The maximum absolute atomic E-state index is 13.1. The molecule has 0 saturated carbocycles. The van der Waals surface area contributed by atoms with Crippen molar-refractivity contribution >= 4 is 22.0 Å². The molecule has 0 aliphatic carbocycles. The van der Waals surface area contributed by atoms with Gasteiger partial charge in [0.05, 0.1) is 11.4 Å². The first-order valence-corrected chi connectivity index (χ1v) is 10.5. The Balaban J connectivity index is 3.37. The van der Waals surface area contributed by atoms with Crippen LogP contribution in [0.1, 0.15) is 27.2 Å². The Morgan fingerprint density at radius 3 is 2.27 bits per heavy atom. The number of hydrogen-bond donors (Lipinski definition) is 1. The van der Waals surface area contributed by atoms with E-state index in [0.717, 1.165) is 0 Å². The number of rotatable bonds is 11. The highest BCUT2D eigenvalue weighted by Gasteiger charge is 2.39. The smallest absolute Gasteiger partial charge is 0.322 e. The molecule has 0 fully saturated rings. The van der Waals surface area contributed by atoms with Gasteiger partial charge < -0.3 is 9.84 Å². The molecule has 2 unspecified atom stereocenters. The molecule has 0 spiro atoms. The molecule has 1 aromatic rings. The van der Waals surface area contributed by atoms with E-state index in [1.165, 1.54) is 51.1 Å². The number of aliphatic carboxylic acids is 1. The quantitative estimate of drug-likeness (QED) is 0.180. The van der Waals surface area contributed by atoms with Crippen molar-refractivity contribution in [3.05, 3.63) is 53.1 Å². The minimum atomic E-state index is -4.33. The van der Waals surface area contributed by atoms with E-state index in [9.17, 15) is 33.2 Å². The van der Waals surface area contributed by atoms with Crippen LogP contribution in [0.15, 0.2) is 47.9 Å². The molecule has 11 heteroatoms. The van der Waals surface area contributed by atoms with Gasteiger partial charge >= 0.3 is 11.9 Å². The van der Waals surface area contributed by atoms with Crippen LogP contribution in [0.4, 0.5) is 0 Å². The number of nitro groups is 1. The van der Waals surface area contributed by atoms with E-state index in [2.05, 4.69) is 6.58 Å². The van der Waals surface area contributed by atoms with Crippen LogP contribution >= 0.6 is 0 Å². The maximum atomic E-state index is 13.1. The molecular weight excluding hydrogens is 416 g/mol. The Bertz CT molecular complexity index is 878. The number of ether oxygens (including phenoxy) is 1. The lowest BCUT2D eigenvalue weighted by Gasteiger charge is -2.27. The second kappa shape index (κ2) is 10.3. The summed E-state index contributed by atoms with van der Waals surface area (Å²) in [7, 11) is -4.33. The molecule has 2 atom stereocenters. The standard InChI is InChI=1S/C19H26N2O8S/c1-5-9-14(21(25)26)12-20(30(27,28)15-10-7-6-8-11-15)13-16(17(22)23)18(24)29-19(2,3)4/h5-8,10-11,14,16H,1,9,12-13H2,2-4H3,(H,22,23). The molecule has 0 aliphatic rings. The number of nitrogens with zero attached hydrogens (tertiary/aromatic N) is 2. The Morgan fingerprint density at radius 2 is 1.83 bits per heavy atom. The summed E-state index contributed by atoms with van der Waals surface area (Å²) in [5.41, 5.74) is -1.000. The fraction of sp³-hybridized carbons (Fsp3) is 0.474. The summed E-state index contributed by atoms with van der Waals surface area (Å²) in [6.07, 6.45) is 1.13. The Hall–Kier alpha value is -2.79. The van der Waals surface area contributed by atoms with Crippen molar-refractivity contribution in [3.8, 4) is 0 Å². The van der Waals surface area contributed by atoms with Gasteiger partial charge in [0.25, 0.3) is 0 Å². The molecular formula is C19H26N2O8S. The highest BCUT2D eigenvalue weighted by atomic mass is 32.2. The number of hydrogen-bond acceptors (Lipinski definition) is 7. The summed E-state index contributed by atoms with van der Waals surface area (Å²) in [4.78, 5) is 34.6. The first-order chi connectivity index (χ1) is 13.8. The topological polar surface area (TPSA) is 144 Å². The van der Waals surface area contributed by atoms with E-state index in [4.69, 9.17) is 4.74 Å². The molecule has 0 aliphatic heterocycles. The minimum Gasteiger partial charge on any atom is -0.481 e. The SMILES string of the molecule is C=CCC(CN(CC(C(=O)O)C(=O)OC(C)(C)C)S(=O)(=O)c1ccccc1)[N+](=O)[O-]. The average Bonchev–Trinajstić information content (AvgIpc) is 2.62. The third kappa shape index (κ3) is 7.23. The molecule has 0 bridgehead atoms. The summed E-state index contributed by atoms with van der Waals surface area (Å²) in [5.74, 6) is -4.60. The second-order valence-corrected chi connectivity index (χ2v) is 9.46. The van der Waals surface area contributed by atoms with Gasteiger partial charge in [-0.05, 0) is 32.9 Å². The van der Waals surface area contributed by atoms with Crippen LogP contribution in [0.3, 0.4) is 0 Å². The van der Waals surface area contributed by atoms with Crippen LogP contribution in [-0.2, 0) is 24.3 Å². The third-order valence-electron chi connectivity index (χ3n) is 3.91. The van der Waals surface area contributed by atoms with Gasteiger partial charge in [0, 0.05) is 17.9 Å². The van der Waals surface area contributed by atoms with Crippen LogP contribution in [0, 0.1) is 16.0 Å². The molecule has 0 aromatic heterocycles. The number of esters is 1. The predicted octanol–water partition coefficient (Wildman–Crippen LogP) is 1.94. The maximum Gasteiger partial charge on any atom is 0.322 e. The number of carboxylic acids is 1. The number of carboxylic acid groups (broad SMARTS) is 1. The molecule has 1 aromatic carbocycles. The summed E-state index contributed by atoms with van der Waals surface area (Å²) in [6, 6.07) is 5.70. The molecule has 30 heavy (non-hydrogen) atoms. The minimum absolute atomic E-state index is 0.141. The molecule has 0 amide bonds. The lowest BCUT2D eigenvalue weighted by molar-refractivity contribution is -0.521. The van der Waals surface area contributed by atoms with Crippen molar-refractivity contribution in [1.82, 2.24) is 4.31 Å². The highest BCUT2D eigenvalue weighted by molar-refractivity contribution is 7.89. The molecule has 0 saturated heterocycles. The zero-order valence-corrected chi connectivity index (χ0v) is 17.9. The Kier molecular flexibility index (Phi) is 8.67. The van der Waals surface area contributed by atoms with Gasteiger partial charge in [-0.15, -0.1) is 6.58 Å². The Labute approximate surface area is 175 Å². The zero-order valence-electron chi connectivity index (χ0n) is 17.1. The van der Waals surface area contributed by atoms with Crippen molar-refractivity contribution in [2.75, 3.05) is 13.1 Å². The molecule has 0 heterocycles.